The zero-order valence-electron chi connectivity index (χ0n) is 8.29. The second-order valence-corrected chi connectivity index (χ2v) is 4.55. The van der Waals surface area contributed by atoms with Crippen LogP contribution in [0.25, 0.3) is 5.57 Å². The number of benzene rings is 1. The molecule has 2 rings (SSSR count). The minimum absolute atomic E-state index is 0.195. The number of carbonyl (C=O) groups is 1. The molecular weight excluding hydrogens is 252 g/mol. The van der Waals surface area contributed by atoms with E-state index in [0.717, 1.165) is 27.6 Å². The molecule has 1 aromatic rings. The maximum absolute atomic E-state index is 11.3. The molecular formula is C13H11BrO. The van der Waals surface area contributed by atoms with Gasteiger partial charge in [0.25, 0.3) is 0 Å². The molecule has 0 spiro atoms. The number of hydrogen-bond donors (Lipinski definition) is 0. The van der Waals surface area contributed by atoms with Crippen molar-refractivity contribution in [1.29, 1.82) is 0 Å². The quantitative estimate of drug-likeness (QED) is 0.754. The predicted molar refractivity (Wildman–Crippen MR) is 65.5 cm³/mol. The monoisotopic (exact) mass is 262 g/mol. The van der Waals surface area contributed by atoms with Crippen molar-refractivity contribution in [3.8, 4) is 0 Å². The van der Waals surface area contributed by atoms with Gasteiger partial charge in [0, 0.05) is 10.9 Å². The van der Waals surface area contributed by atoms with E-state index in [1.165, 1.54) is 0 Å². The summed E-state index contributed by atoms with van der Waals surface area (Å²) in [5, 5.41) is 0. The third-order valence-corrected chi connectivity index (χ3v) is 3.04. The lowest BCUT2D eigenvalue weighted by molar-refractivity contribution is -0.114. The first-order valence-electron chi connectivity index (χ1n) is 4.85. The summed E-state index contributed by atoms with van der Waals surface area (Å²) in [6.45, 7) is 4.00. The standard InChI is InChI=1S/C13H11BrO/c1-9-2-7-12(15)8-13(9)10-3-5-11(14)6-4-10/h3-6,8H,1-2,7H2. The van der Waals surface area contributed by atoms with Crippen LogP contribution in [0.3, 0.4) is 0 Å². The van der Waals surface area contributed by atoms with E-state index < -0.39 is 0 Å². The summed E-state index contributed by atoms with van der Waals surface area (Å²) in [4.78, 5) is 11.3. The lowest BCUT2D eigenvalue weighted by Gasteiger charge is -2.15. The normalized spacial score (nSPS) is 16.5. The second kappa shape index (κ2) is 4.15. The SMILES string of the molecule is C=C1CCC(=O)C=C1c1ccc(Br)cc1. The first-order chi connectivity index (χ1) is 7.16. The average molecular weight is 263 g/mol. The summed E-state index contributed by atoms with van der Waals surface area (Å²) in [5.74, 6) is 0.195. The van der Waals surface area contributed by atoms with Gasteiger partial charge in [-0.3, -0.25) is 4.79 Å². The molecule has 0 unspecified atom stereocenters. The Morgan fingerprint density at radius 3 is 2.47 bits per heavy atom. The topological polar surface area (TPSA) is 17.1 Å². The van der Waals surface area contributed by atoms with Crippen molar-refractivity contribution in [3.05, 3.63) is 52.5 Å². The third-order valence-electron chi connectivity index (χ3n) is 2.51. The smallest absolute Gasteiger partial charge is 0.156 e. The van der Waals surface area contributed by atoms with E-state index in [-0.39, 0.29) is 5.78 Å². The summed E-state index contributed by atoms with van der Waals surface area (Å²) < 4.78 is 1.04. The molecule has 0 aromatic heterocycles. The Balaban J connectivity index is 2.41. The van der Waals surface area contributed by atoms with Crippen LogP contribution >= 0.6 is 15.9 Å². The largest absolute Gasteiger partial charge is 0.295 e. The molecule has 0 atom stereocenters. The molecule has 1 aliphatic rings. The number of allylic oxidation sites excluding steroid dienone is 3. The van der Waals surface area contributed by atoms with Crippen molar-refractivity contribution in [2.45, 2.75) is 12.8 Å². The predicted octanol–water partition coefficient (Wildman–Crippen LogP) is 3.75. The van der Waals surface area contributed by atoms with Crippen LogP contribution in [-0.4, -0.2) is 5.78 Å². The van der Waals surface area contributed by atoms with Crippen LogP contribution in [-0.2, 0) is 4.79 Å². The van der Waals surface area contributed by atoms with Crippen LogP contribution in [0.1, 0.15) is 18.4 Å². The van der Waals surface area contributed by atoms with Gasteiger partial charge in [0.15, 0.2) is 5.78 Å². The van der Waals surface area contributed by atoms with Gasteiger partial charge in [0.1, 0.15) is 0 Å². The van der Waals surface area contributed by atoms with Crippen LogP contribution < -0.4 is 0 Å². The van der Waals surface area contributed by atoms with Gasteiger partial charge in [0.2, 0.25) is 0 Å². The molecule has 15 heavy (non-hydrogen) atoms. The van der Waals surface area contributed by atoms with Gasteiger partial charge in [-0.2, -0.15) is 0 Å². The molecule has 0 saturated heterocycles. The Hall–Kier alpha value is -1.15. The number of ketones is 1. The number of hydrogen-bond acceptors (Lipinski definition) is 1. The molecule has 0 radical (unpaired) electrons. The van der Waals surface area contributed by atoms with E-state index in [4.69, 9.17) is 0 Å². The summed E-state index contributed by atoms with van der Waals surface area (Å²) in [6, 6.07) is 7.95. The lowest BCUT2D eigenvalue weighted by Crippen LogP contribution is -2.04. The van der Waals surface area contributed by atoms with E-state index in [1.54, 1.807) is 6.08 Å². The summed E-state index contributed by atoms with van der Waals surface area (Å²) in [5.41, 5.74) is 3.10. The lowest BCUT2D eigenvalue weighted by atomic mass is 9.89. The minimum atomic E-state index is 0.195. The Kier molecular flexibility index (Phi) is 2.87. The molecule has 1 aliphatic carbocycles. The van der Waals surface area contributed by atoms with Crippen LogP contribution in [0.15, 0.2) is 47.0 Å². The van der Waals surface area contributed by atoms with Gasteiger partial charge in [-0.15, -0.1) is 0 Å². The molecule has 1 nitrogen and oxygen atoms in total. The zero-order valence-corrected chi connectivity index (χ0v) is 9.88. The van der Waals surface area contributed by atoms with Gasteiger partial charge in [-0.05, 0) is 41.3 Å². The Bertz CT molecular complexity index is 440. The number of carbonyl (C=O) groups excluding carboxylic acids is 1. The van der Waals surface area contributed by atoms with Crippen molar-refractivity contribution in [3.63, 3.8) is 0 Å². The summed E-state index contributed by atoms with van der Waals surface area (Å²) >= 11 is 3.39. The van der Waals surface area contributed by atoms with Crippen molar-refractivity contribution in [1.82, 2.24) is 0 Å². The van der Waals surface area contributed by atoms with Gasteiger partial charge in [-0.25, -0.2) is 0 Å². The van der Waals surface area contributed by atoms with Gasteiger partial charge >= 0.3 is 0 Å². The van der Waals surface area contributed by atoms with Crippen LogP contribution in [0.4, 0.5) is 0 Å². The molecule has 0 fully saturated rings. The Morgan fingerprint density at radius 1 is 1.13 bits per heavy atom. The van der Waals surface area contributed by atoms with Crippen molar-refractivity contribution in [2.24, 2.45) is 0 Å². The molecule has 0 saturated carbocycles. The first-order valence-corrected chi connectivity index (χ1v) is 5.65. The fraction of sp³-hybridized carbons (Fsp3) is 0.154. The molecule has 0 amide bonds. The second-order valence-electron chi connectivity index (χ2n) is 3.63. The number of rotatable bonds is 1. The van der Waals surface area contributed by atoms with E-state index in [9.17, 15) is 4.79 Å². The first kappa shape index (κ1) is 10.4. The van der Waals surface area contributed by atoms with E-state index in [2.05, 4.69) is 22.5 Å². The zero-order chi connectivity index (χ0) is 10.8. The van der Waals surface area contributed by atoms with Gasteiger partial charge < -0.3 is 0 Å². The highest BCUT2D eigenvalue weighted by Gasteiger charge is 2.14. The molecule has 0 heterocycles. The fourth-order valence-electron chi connectivity index (χ4n) is 1.66. The molecule has 1 aromatic carbocycles. The fourth-order valence-corrected chi connectivity index (χ4v) is 1.93. The molecule has 0 aliphatic heterocycles. The van der Waals surface area contributed by atoms with E-state index in [1.807, 2.05) is 24.3 Å². The molecule has 0 bridgehead atoms. The van der Waals surface area contributed by atoms with Crippen molar-refractivity contribution in [2.75, 3.05) is 0 Å². The molecule has 76 valence electrons. The van der Waals surface area contributed by atoms with E-state index in [0.29, 0.717) is 6.42 Å². The van der Waals surface area contributed by atoms with Gasteiger partial charge in [0.05, 0.1) is 0 Å². The average Bonchev–Trinajstić information content (AvgIpc) is 2.23. The molecule has 0 N–H and O–H groups in total. The Morgan fingerprint density at radius 2 is 1.80 bits per heavy atom. The number of halogens is 1. The molecule has 2 heteroatoms. The maximum atomic E-state index is 11.3. The third kappa shape index (κ3) is 2.26. The van der Waals surface area contributed by atoms with Gasteiger partial charge in [-0.1, -0.05) is 34.6 Å². The minimum Gasteiger partial charge on any atom is -0.295 e. The Labute approximate surface area is 97.6 Å². The van der Waals surface area contributed by atoms with E-state index >= 15 is 0 Å². The highest BCUT2D eigenvalue weighted by Crippen LogP contribution is 2.29. The van der Waals surface area contributed by atoms with Crippen LogP contribution in [0.2, 0.25) is 0 Å². The highest BCUT2D eigenvalue weighted by atomic mass is 79.9. The van der Waals surface area contributed by atoms with Crippen LogP contribution in [0.5, 0.6) is 0 Å². The van der Waals surface area contributed by atoms with Crippen molar-refractivity contribution >= 4 is 27.3 Å². The summed E-state index contributed by atoms with van der Waals surface area (Å²) in [6.07, 6.45) is 3.08. The van der Waals surface area contributed by atoms with Crippen molar-refractivity contribution < 1.29 is 4.79 Å². The summed E-state index contributed by atoms with van der Waals surface area (Å²) in [7, 11) is 0. The van der Waals surface area contributed by atoms with Crippen LogP contribution in [0, 0.1) is 0 Å². The highest BCUT2D eigenvalue weighted by molar-refractivity contribution is 9.10. The maximum Gasteiger partial charge on any atom is 0.156 e.